The van der Waals surface area contributed by atoms with Crippen LogP contribution in [-0.4, -0.2) is 22.6 Å². The van der Waals surface area contributed by atoms with Crippen molar-refractivity contribution in [3.63, 3.8) is 0 Å². The third kappa shape index (κ3) is 3.97. The Morgan fingerprint density at radius 1 is 1.40 bits per heavy atom. The fraction of sp³-hybridized carbons (Fsp3) is 0.455. The zero-order valence-corrected chi connectivity index (χ0v) is 9.54. The molecule has 1 heterocycles. The Balaban J connectivity index is 2.79. The molecule has 0 radical (unpaired) electrons. The van der Waals surface area contributed by atoms with Crippen LogP contribution in [0.3, 0.4) is 0 Å². The van der Waals surface area contributed by atoms with E-state index in [1.54, 1.807) is 6.08 Å². The highest BCUT2D eigenvalue weighted by Gasteiger charge is 2.01. The highest BCUT2D eigenvalue weighted by Crippen LogP contribution is 2.11. The molecule has 0 spiro atoms. The molecule has 0 saturated carbocycles. The molecular weight excluding hydrogens is 188 g/mol. The zero-order valence-electron chi connectivity index (χ0n) is 9.54. The van der Waals surface area contributed by atoms with Crippen molar-refractivity contribution in [2.75, 3.05) is 17.2 Å². The van der Waals surface area contributed by atoms with Crippen molar-refractivity contribution in [1.82, 2.24) is 9.97 Å². The summed E-state index contributed by atoms with van der Waals surface area (Å²) in [5.74, 6) is 2.43. The van der Waals surface area contributed by atoms with Gasteiger partial charge in [-0.2, -0.15) is 0 Å². The molecule has 82 valence electrons. The van der Waals surface area contributed by atoms with E-state index in [9.17, 15) is 0 Å². The Labute approximate surface area is 90.8 Å². The number of aromatic nitrogens is 2. The minimum Gasteiger partial charge on any atom is -0.368 e. The Morgan fingerprint density at radius 2 is 2.07 bits per heavy atom. The predicted molar refractivity (Wildman–Crippen MR) is 64.2 cm³/mol. The first-order chi connectivity index (χ1) is 7.11. The van der Waals surface area contributed by atoms with Gasteiger partial charge in [0.25, 0.3) is 0 Å². The van der Waals surface area contributed by atoms with Crippen molar-refractivity contribution in [3.05, 3.63) is 24.5 Å². The van der Waals surface area contributed by atoms with E-state index in [0.717, 1.165) is 17.5 Å². The molecule has 0 aliphatic rings. The molecule has 1 aromatic rings. The van der Waals surface area contributed by atoms with E-state index in [2.05, 4.69) is 41.0 Å². The van der Waals surface area contributed by atoms with Crippen molar-refractivity contribution in [2.45, 2.75) is 26.8 Å². The maximum atomic E-state index is 4.29. The van der Waals surface area contributed by atoms with Gasteiger partial charge in [0.15, 0.2) is 0 Å². The lowest BCUT2D eigenvalue weighted by Gasteiger charge is -2.11. The summed E-state index contributed by atoms with van der Waals surface area (Å²) >= 11 is 0. The van der Waals surface area contributed by atoms with Crippen LogP contribution in [-0.2, 0) is 0 Å². The van der Waals surface area contributed by atoms with Gasteiger partial charge in [0.2, 0.25) is 0 Å². The molecule has 0 aliphatic heterocycles. The molecule has 0 bridgehead atoms. The molecule has 0 unspecified atom stereocenters. The molecule has 0 amide bonds. The van der Waals surface area contributed by atoms with Crippen LogP contribution in [0, 0.1) is 6.92 Å². The first-order valence-electron chi connectivity index (χ1n) is 5.09. The topological polar surface area (TPSA) is 49.8 Å². The second kappa shape index (κ2) is 5.34. The summed E-state index contributed by atoms with van der Waals surface area (Å²) < 4.78 is 0. The van der Waals surface area contributed by atoms with Gasteiger partial charge in [0.1, 0.15) is 17.5 Å². The summed E-state index contributed by atoms with van der Waals surface area (Å²) in [6.07, 6.45) is 1.80. The quantitative estimate of drug-likeness (QED) is 0.725. The lowest BCUT2D eigenvalue weighted by atomic mass is 10.4. The van der Waals surface area contributed by atoms with E-state index in [-0.39, 0.29) is 0 Å². The van der Waals surface area contributed by atoms with Gasteiger partial charge >= 0.3 is 0 Å². The normalized spacial score (nSPS) is 10.1. The van der Waals surface area contributed by atoms with Gasteiger partial charge in [-0.05, 0) is 20.8 Å². The zero-order chi connectivity index (χ0) is 11.3. The first-order valence-corrected chi connectivity index (χ1v) is 5.09. The summed E-state index contributed by atoms with van der Waals surface area (Å²) in [6.45, 7) is 10.4. The van der Waals surface area contributed by atoms with E-state index in [1.165, 1.54) is 0 Å². The molecule has 0 fully saturated rings. The highest BCUT2D eigenvalue weighted by molar-refractivity contribution is 5.48. The highest BCUT2D eigenvalue weighted by atomic mass is 15.1. The molecule has 0 aliphatic carbocycles. The van der Waals surface area contributed by atoms with Crippen molar-refractivity contribution >= 4 is 11.6 Å². The molecule has 1 rings (SSSR count). The fourth-order valence-corrected chi connectivity index (χ4v) is 1.20. The molecule has 1 aromatic heterocycles. The maximum Gasteiger partial charge on any atom is 0.132 e. The summed E-state index contributed by atoms with van der Waals surface area (Å²) in [6, 6.07) is 2.27. The van der Waals surface area contributed by atoms with Crippen LogP contribution >= 0.6 is 0 Å². The molecule has 4 nitrogen and oxygen atoms in total. The minimum absolute atomic E-state index is 0.367. The summed E-state index contributed by atoms with van der Waals surface area (Å²) in [5, 5.41) is 6.39. The lowest BCUT2D eigenvalue weighted by molar-refractivity contribution is 0.881. The Morgan fingerprint density at radius 3 is 2.67 bits per heavy atom. The van der Waals surface area contributed by atoms with Gasteiger partial charge < -0.3 is 10.6 Å². The third-order valence-electron chi connectivity index (χ3n) is 1.70. The number of nitrogens with one attached hydrogen (secondary N) is 2. The number of hydrogen-bond donors (Lipinski definition) is 2. The van der Waals surface area contributed by atoms with Crippen molar-refractivity contribution in [1.29, 1.82) is 0 Å². The Kier molecular flexibility index (Phi) is 4.09. The van der Waals surface area contributed by atoms with E-state index < -0.39 is 0 Å². The summed E-state index contributed by atoms with van der Waals surface area (Å²) in [7, 11) is 0. The SMILES string of the molecule is C=CCNc1cc(NC(C)C)nc(C)n1. The number of aryl methyl sites for hydroxylation is 1. The molecule has 0 aromatic carbocycles. The Hall–Kier alpha value is -1.58. The van der Waals surface area contributed by atoms with E-state index in [4.69, 9.17) is 0 Å². The van der Waals surface area contributed by atoms with Crippen molar-refractivity contribution in [2.24, 2.45) is 0 Å². The molecule has 0 saturated heterocycles. The van der Waals surface area contributed by atoms with Crippen LogP contribution in [0.1, 0.15) is 19.7 Å². The van der Waals surface area contributed by atoms with Crippen LogP contribution in [0.15, 0.2) is 18.7 Å². The number of anilines is 2. The second-order valence-corrected chi connectivity index (χ2v) is 3.65. The summed E-state index contributed by atoms with van der Waals surface area (Å²) in [5.41, 5.74) is 0. The van der Waals surface area contributed by atoms with Gasteiger partial charge in [0.05, 0.1) is 0 Å². The first kappa shape index (κ1) is 11.5. The molecule has 4 heteroatoms. The third-order valence-corrected chi connectivity index (χ3v) is 1.70. The predicted octanol–water partition coefficient (Wildman–Crippen LogP) is 2.20. The van der Waals surface area contributed by atoms with Crippen LogP contribution in [0.25, 0.3) is 0 Å². The second-order valence-electron chi connectivity index (χ2n) is 3.65. The van der Waals surface area contributed by atoms with E-state index in [1.807, 2.05) is 13.0 Å². The van der Waals surface area contributed by atoms with Crippen molar-refractivity contribution in [3.8, 4) is 0 Å². The molecular formula is C11H18N4. The average molecular weight is 206 g/mol. The van der Waals surface area contributed by atoms with Gasteiger partial charge in [-0.25, -0.2) is 9.97 Å². The van der Waals surface area contributed by atoms with Crippen LogP contribution in [0.2, 0.25) is 0 Å². The standard InChI is InChI=1S/C11H18N4/c1-5-6-12-10-7-11(13-8(2)3)15-9(4)14-10/h5,7-8H,1,6H2,2-4H3,(H2,12,13,14,15). The maximum absolute atomic E-state index is 4.29. The number of hydrogen-bond acceptors (Lipinski definition) is 4. The molecule has 2 N–H and O–H groups in total. The smallest absolute Gasteiger partial charge is 0.132 e. The lowest BCUT2D eigenvalue weighted by Crippen LogP contribution is -2.12. The van der Waals surface area contributed by atoms with Crippen LogP contribution < -0.4 is 10.6 Å². The number of nitrogens with zero attached hydrogens (tertiary/aromatic N) is 2. The van der Waals surface area contributed by atoms with E-state index >= 15 is 0 Å². The average Bonchev–Trinajstić information content (AvgIpc) is 2.12. The van der Waals surface area contributed by atoms with Gasteiger partial charge in [-0.3, -0.25) is 0 Å². The fourth-order valence-electron chi connectivity index (χ4n) is 1.20. The number of rotatable bonds is 5. The van der Waals surface area contributed by atoms with Crippen LogP contribution in [0.4, 0.5) is 11.6 Å². The molecule has 0 atom stereocenters. The largest absolute Gasteiger partial charge is 0.368 e. The van der Waals surface area contributed by atoms with Gasteiger partial charge in [-0.1, -0.05) is 6.08 Å². The summed E-state index contributed by atoms with van der Waals surface area (Å²) in [4.78, 5) is 8.56. The van der Waals surface area contributed by atoms with Crippen LogP contribution in [0.5, 0.6) is 0 Å². The minimum atomic E-state index is 0.367. The van der Waals surface area contributed by atoms with Gasteiger partial charge in [-0.15, -0.1) is 6.58 Å². The van der Waals surface area contributed by atoms with Crippen molar-refractivity contribution < 1.29 is 0 Å². The molecule has 15 heavy (non-hydrogen) atoms. The monoisotopic (exact) mass is 206 g/mol. The Bertz CT molecular complexity index is 333. The van der Waals surface area contributed by atoms with Gasteiger partial charge in [0, 0.05) is 18.7 Å². The van der Waals surface area contributed by atoms with E-state index in [0.29, 0.717) is 12.6 Å².